The van der Waals surface area contributed by atoms with Gasteiger partial charge >= 0.3 is 5.37 Å². The Kier molecular flexibility index (Phi) is 4.39. The van der Waals surface area contributed by atoms with Crippen LogP contribution in [0.4, 0.5) is 4.39 Å². The molecule has 2 aromatic rings. The quantitative estimate of drug-likeness (QED) is 0.812. The van der Waals surface area contributed by atoms with Crippen molar-refractivity contribution in [3.8, 4) is 0 Å². The van der Waals surface area contributed by atoms with E-state index in [0.29, 0.717) is 5.56 Å². The molecule has 0 radical (unpaired) electrons. The minimum Gasteiger partial charge on any atom is -0.296 e. The van der Waals surface area contributed by atoms with E-state index in [-0.39, 0.29) is 17.1 Å². The molecule has 3 nitrogen and oxygen atoms in total. The molecule has 21 heavy (non-hydrogen) atoms. The van der Waals surface area contributed by atoms with Crippen molar-refractivity contribution in [3.05, 3.63) is 76.9 Å². The summed E-state index contributed by atoms with van der Waals surface area (Å²) in [5.74, 6) is -0.389. The van der Waals surface area contributed by atoms with Gasteiger partial charge in [-0.1, -0.05) is 29.8 Å². The zero-order valence-electron chi connectivity index (χ0n) is 11.5. The first kappa shape index (κ1) is 15.2. The molecule has 0 saturated carbocycles. The lowest BCUT2D eigenvalue weighted by molar-refractivity contribution is 0.587. The zero-order chi connectivity index (χ0) is 15.5. The molecule has 0 bridgehead atoms. The first-order valence-electron chi connectivity index (χ1n) is 6.35. The normalized spacial score (nSPS) is 12.6. The molecular formula is C16H14FNO2S. The first-order chi connectivity index (χ1) is 9.93. The Labute approximate surface area is 123 Å². The fourth-order valence-electron chi connectivity index (χ4n) is 1.93. The molecule has 0 spiro atoms. The highest BCUT2D eigenvalue weighted by Crippen LogP contribution is 2.21. The van der Waals surface area contributed by atoms with Crippen LogP contribution in [0.2, 0.25) is 0 Å². The molecule has 0 heterocycles. The Bertz CT molecular complexity index is 759. The summed E-state index contributed by atoms with van der Waals surface area (Å²) in [6, 6.07) is 11.9. The average molecular weight is 303 g/mol. The maximum atomic E-state index is 12.9. The van der Waals surface area contributed by atoms with E-state index in [1.807, 2.05) is 6.92 Å². The average Bonchev–Trinajstić information content (AvgIpc) is 2.47. The Morgan fingerprint density at radius 2 is 1.67 bits per heavy atom. The molecule has 0 aliphatic rings. The topological polar surface area (TPSA) is 38.5 Å². The molecule has 108 valence electrons. The summed E-state index contributed by atoms with van der Waals surface area (Å²) < 4.78 is 37.8. The van der Waals surface area contributed by atoms with E-state index < -0.39 is 15.2 Å². The Morgan fingerprint density at radius 1 is 1.10 bits per heavy atom. The summed E-state index contributed by atoms with van der Waals surface area (Å²) in [6.45, 7) is 9.03. The van der Waals surface area contributed by atoms with Crippen LogP contribution < -0.4 is 0 Å². The molecule has 0 unspecified atom stereocenters. The predicted octanol–water partition coefficient (Wildman–Crippen LogP) is 3.40. The van der Waals surface area contributed by atoms with E-state index >= 15 is 0 Å². The van der Waals surface area contributed by atoms with Crippen molar-refractivity contribution in [1.82, 2.24) is 0 Å². The molecule has 5 heteroatoms. The number of halogens is 1. The molecule has 0 aromatic heterocycles. The first-order valence-corrected chi connectivity index (χ1v) is 7.89. The van der Waals surface area contributed by atoms with Crippen LogP contribution in [0.15, 0.2) is 53.4 Å². The Hall–Kier alpha value is -2.19. The van der Waals surface area contributed by atoms with Gasteiger partial charge in [0, 0.05) is 0 Å². The second kappa shape index (κ2) is 6.06. The SMILES string of the molecule is [C-]#[N+][C@H](Cc1ccc(F)cc1)S(=O)(=O)c1ccc(C)cc1. The van der Waals surface area contributed by atoms with Crippen LogP contribution in [-0.4, -0.2) is 13.8 Å². The molecule has 0 saturated heterocycles. The largest absolute Gasteiger partial charge is 0.329 e. The second-order valence-electron chi connectivity index (χ2n) is 4.77. The van der Waals surface area contributed by atoms with Gasteiger partial charge in [0.15, 0.2) is 0 Å². The van der Waals surface area contributed by atoms with Gasteiger partial charge in [0.05, 0.1) is 11.3 Å². The summed E-state index contributed by atoms with van der Waals surface area (Å²) in [7, 11) is -3.72. The highest BCUT2D eigenvalue weighted by atomic mass is 32.2. The lowest BCUT2D eigenvalue weighted by Crippen LogP contribution is -2.20. The minimum atomic E-state index is -3.72. The summed E-state index contributed by atoms with van der Waals surface area (Å²) in [4.78, 5) is 3.38. The predicted molar refractivity (Wildman–Crippen MR) is 78.9 cm³/mol. The van der Waals surface area contributed by atoms with Gasteiger partial charge in [0.1, 0.15) is 5.82 Å². The molecule has 1 atom stereocenters. The Balaban J connectivity index is 2.30. The maximum Gasteiger partial charge on any atom is 0.329 e. The van der Waals surface area contributed by atoms with Gasteiger partial charge < -0.3 is 0 Å². The highest BCUT2D eigenvalue weighted by Gasteiger charge is 2.32. The van der Waals surface area contributed by atoms with Gasteiger partial charge in [-0.05, 0) is 36.8 Å². The fourth-order valence-corrected chi connectivity index (χ4v) is 3.31. The smallest absolute Gasteiger partial charge is 0.296 e. The number of nitrogens with zero attached hydrogens (tertiary/aromatic N) is 1. The van der Waals surface area contributed by atoms with E-state index in [9.17, 15) is 12.8 Å². The van der Waals surface area contributed by atoms with Crippen molar-refractivity contribution < 1.29 is 12.8 Å². The third-order valence-electron chi connectivity index (χ3n) is 3.18. The van der Waals surface area contributed by atoms with E-state index in [0.717, 1.165) is 5.56 Å². The summed E-state index contributed by atoms with van der Waals surface area (Å²) >= 11 is 0. The molecular weight excluding hydrogens is 289 g/mol. The number of hydrogen-bond acceptors (Lipinski definition) is 2. The van der Waals surface area contributed by atoms with E-state index in [1.54, 1.807) is 12.1 Å². The molecule has 0 aliphatic carbocycles. The highest BCUT2D eigenvalue weighted by molar-refractivity contribution is 7.92. The minimum absolute atomic E-state index is 0.0417. The van der Waals surface area contributed by atoms with Gasteiger partial charge in [-0.2, -0.15) is 0 Å². The summed E-state index contributed by atoms with van der Waals surface area (Å²) in [6.07, 6.45) is 0.0417. The van der Waals surface area contributed by atoms with Gasteiger partial charge in [-0.25, -0.2) is 19.4 Å². The van der Waals surface area contributed by atoms with Crippen molar-refractivity contribution in [2.24, 2.45) is 0 Å². The van der Waals surface area contributed by atoms with Gasteiger partial charge in [0.25, 0.3) is 9.84 Å². The van der Waals surface area contributed by atoms with Crippen LogP contribution in [0.25, 0.3) is 4.85 Å². The molecule has 0 fully saturated rings. The fraction of sp³-hybridized carbons (Fsp3) is 0.188. The van der Waals surface area contributed by atoms with Crippen molar-refractivity contribution in [3.63, 3.8) is 0 Å². The monoisotopic (exact) mass is 303 g/mol. The number of benzene rings is 2. The number of rotatable bonds is 4. The molecule has 0 aliphatic heterocycles. The van der Waals surface area contributed by atoms with Gasteiger partial charge in [-0.3, -0.25) is 4.85 Å². The zero-order valence-corrected chi connectivity index (χ0v) is 12.3. The number of aryl methyl sites for hydroxylation is 1. The van der Waals surface area contributed by atoms with Crippen LogP contribution in [-0.2, 0) is 16.3 Å². The van der Waals surface area contributed by atoms with Crippen LogP contribution in [0, 0.1) is 19.3 Å². The molecule has 0 N–H and O–H groups in total. The van der Waals surface area contributed by atoms with Gasteiger partial charge in [0.2, 0.25) is 0 Å². The van der Waals surface area contributed by atoms with Gasteiger partial charge in [-0.15, -0.1) is 0 Å². The molecule has 2 aromatic carbocycles. The second-order valence-corrected chi connectivity index (χ2v) is 6.88. The number of hydrogen-bond donors (Lipinski definition) is 0. The van der Waals surface area contributed by atoms with Crippen LogP contribution in [0.3, 0.4) is 0 Å². The van der Waals surface area contributed by atoms with Crippen LogP contribution >= 0.6 is 0 Å². The van der Waals surface area contributed by atoms with E-state index in [4.69, 9.17) is 6.57 Å². The lowest BCUT2D eigenvalue weighted by atomic mass is 10.1. The lowest BCUT2D eigenvalue weighted by Gasteiger charge is -2.08. The van der Waals surface area contributed by atoms with Crippen molar-refractivity contribution >= 4 is 9.84 Å². The third-order valence-corrected chi connectivity index (χ3v) is 5.09. The van der Waals surface area contributed by atoms with Crippen molar-refractivity contribution in [2.45, 2.75) is 23.6 Å². The molecule has 2 rings (SSSR count). The van der Waals surface area contributed by atoms with E-state index in [2.05, 4.69) is 4.85 Å². The Morgan fingerprint density at radius 3 is 2.19 bits per heavy atom. The maximum absolute atomic E-state index is 12.9. The third kappa shape index (κ3) is 3.47. The van der Waals surface area contributed by atoms with Crippen LogP contribution in [0.5, 0.6) is 0 Å². The summed E-state index contributed by atoms with van der Waals surface area (Å²) in [5.41, 5.74) is 1.57. The van der Waals surface area contributed by atoms with Crippen molar-refractivity contribution in [2.75, 3.05) is 0 Å². The van der Waals surface area contributed by atoms with E-state index in [1.165, 1.54) is 36.4 Å². The standard InChI is InChI=1S/C16H14FNO2S/c1-12-3-9-15(10-4-12)21(19,20)16(18-2)11-13-5-7-14(17)8-6-13/h3-10,16H,11H2,1H3/t16-/m0/s1. The van der Waals surface area contributed by atoms with Crippen molar-refractivity contribution in [1.29, 1.82) is 0 Å². The number of sulfone groups is 1. The molecule has 0 amide bonds. The van der Waals surface area contributed by atoms with Crippen LogP contribution in [0.1, 0.15) is 11.1 Å². The summed E-state index contributed by atoms with van der Waals surface area (Å²) in [5, 5.41) is -1.20.